The maximum absolute atomic E-state index is 12.9. The van der Waals surface area contributed by atoms with Crippen LogP contribution in [0.25, 0.3) is 0 Å². The minimum Gasteiger partial charge on any atom is -0.342 e. The van der Waals surface area contributed by atoms with Crippen molar-refractivity contribution in [2.75, 3.05) is 26.2 Å². The minimum atomic E-state index is -0.256. The highest BCUT2D eigenvalue weighted by Gasteiger charge is 2.35. The first kappa shape index (κ1) is 18.4. The van der Waals surface area contributed by atoms with Gasteiger partial charge in [-0.2, -0.15) is 0 Å². The van der Waals surface area contributed by atoms with E-state index in [4.69, 9.17) is 0 Å². The molecule has 4 nitrogen and oxygen atoms in total. The summed E-state index contributed by atoms with van der Waals surface area (Å²) < 4.78 is 12.9. The number of carbonyl (C=O) groups excluding carboxylic acids is 2. The molecule has 5 heteroatoms. The van der Waals surface area contributed by atoms with Crippen molar-refractivity contribution in [1.29, 1.82) is 0 Å². The maximum atomic E-state index is 12.9. The molecule has 24 heavy (non-hydrogen) atoms. The first-order chi connectivity index (χ1) is 11.5. The Morgan fingerprint density at radius 3 is 2.42 bits per heavy atom. The fraction of sp³-hybridized carbons (Fsp3) is 0.579. The summed E-state index contributed by atoms with van der Waals surface area (Å²) in [6, 6.07) is 6.34. The minimum absolute atomic E-state index is 0.0448. The molecule has 0 radical (unpaired) electrons. The van der Waals surface area contributed by atoms with Crippen LogP contribution in [0.2, 0.25) is 0 Å². The molecule has 0 N–H and O–H groups in total. The van der Waals surface area contributed by atoms with Gasteiger partial charge < -0.3 is 9.80 Å². The average molecular weight is 334 g/mol. The first-order valence-corrected chi connectivity index (χ1v) is 8.86. The predicted molar refractivity (Wildman–Crippen MR) is 92.0 cm³/mol. The highest BCUT2D eigenvalue weighted by atomic mass is 19.1. The van der Waals surface area contributed by atoms with Crippen molar-refractivity contribution in [3.05, 3.63) is 35.6 Å². The van der Waals surface area contributed by atoms with E-state index < -0.39 is 0 Å². The van der Waals surface area contributed by atoms with Gasteiger partial charge in [-0.25, -0.2) is 4.39 Å². The van der Waals surface area contributed by atoms with E-state index in [0.29, 0.717) is 25.9 Å². The van der Waals surface area contributed by atoms with Crippen molar-refractivity contribution < 1.29 is 14.0 Å². The Balaban J connectivity index is 1.89. The van der Waals surface area contributed by atoms with E-state index in [1.54, 1.807) is 17.0 Å². The van der Waals surface area contributed by atoms with Crippen LogP contribution in [0.15, 0.2) is 24.3 Å². The molecule has 1 heterocycles. The molecule has 1 aliphatic heterocycles. The standard InChI is InChI=1S/C19H27FN2O2/c1-3-10-21(11-4-2)19(24)16-13-18(23)22(14-16)12-9-15-5-7-17(20)8-6-15/h5-8,16H,3-4,9-14H2,1-2H3/t16-/m0/s1. The van der Waals surface area contributed by atoms with E-state index in [1.165, 1.54) is 12.1 Å². The Bertz CT molecular complexity index is 553. The van der Waals surface area contributed by atoms with Gasteiger partial charge in [-0.3, -0.25) is 9.59 Å². The number of rotatable bonds is 8. The topological polar surface area (TPSA) is 40.6 Å². The summed E-state index contributed by atoms with van der Waals surface area (Å²) in [5, 5.41) is 0. The lowest BCUT2D eigenvalue weighted by Crippen LogP contribution is -2.38. The number of likely N-dealkylation sites (tertiary alicyclic amines) is 1. The van der Waals surface area contributed by atoms with E-state index in [9.17, 15) is 14.0 Å². The van der Waals surface area contributed by atoms with Crippen LogP contribution in [0.4, 0.5) is 4.39 Å². The molecule has 1 saturated heterocycles. The van der Waals surface area contributed by atoms with Crippen molar-refractivity contribution in [2.45, 2.75) is 39.5 Å². The zero-order chi connectivity index (χ0) is 17.5. The summed E-state index contributed by atoms with van der Waals surface area (Å²) in [5.41, 5.74) is 0.998. The number of halogens is 1. The van der Waals surface area contributed by atoms with E-state index in [1.807, 2.05) is 4.90 Å². The summed E-state index contributed by atoms with van der Waals surface area (Å²) in [5.74, 6) is -0.322. The van der Waals surface area contributed by atoms with E-state index in [0.717, 1.165) is 31.5 Å². The number of carbonyl (C=O) groups is 2. The molecule has 0 aromatic heterocycles. The summed E-state index contributed by atoms with van der Waals surface area (Å²) in [6.45, 7) is 6.72. The molecule has 0 unspecified atom stereocenters. The monoisotopic (exact) mass is 334 g/mol. The van der Waals surface area contributed by atoms with Crippen LogP contribution in [-0.2, 0) is 16.0 Å². The first-order valence-electron chi connectivity index (χ1n) is 8.86. The SMILES string of the molecule is CCCN(CCC)C(=O)[C@H]1CC(=O)N(CCc2ccc(F)cc2)C1. The van der Waals surface area contributed by atoms with E-state index in [2.05, 4.69) is 13.8 Å². The molecule has 0 spiro atoms. The van der Waals surface area contributed by atoms with E-state index >= 15 is 0 Å². The van der Waals surface area contributed by atoms with Crippen molar-refractivity contribution in [3.8, 4) is 0 Å². The van der Waals surface area contributed by atoms with Gasteiger partial charge in [-0.05, 0) is 37.0 Å². The third-order valence-corrected chi connectivity index (χ3v) is 4.45. The molecule has 1 fully saturated rings. The zero-order valence-corrected chi connectivity index (χ0v) is 14.6. The van der Waals surface area contributed by atoms with Crippen LogP contribution in [0.1, 0.15) is 38.7 Å². The Morgan fingerprint density at radius 2 is 1.83 bits per heavy atom. The van der Waals surface area contributed by atoms with Crippen molar-refractivity contribution in [3.63, 3.8) is 0 Å². The molecular formula is C19H27FN2O2. The van der Waals surface area contributed by atoms with Crippen LogP contribution in [-0.4, -0.2) is 47.8 Å². The van der Waals surface area contributed by atoms with Crippen LogP contribution in [0, 0.1) is 11.7 Å². The largest absolute Gasteiger partial charge is 0.342 e. The summed E-state index contributed by atoms with van der Waals surface area (Å²) in [7, 11) is 0. The van der Waals surface area contributed by atoms with Crippen LogP contribution >= 0.6 is 0 Å². The summed E-state index contributed by atoms with van der Waals surface area (Å²) in [4.78, 5) is 28.5. The van der Waals surface area contributed by atoms with Crippen LogP contribution in [0.5, 0.6) is 0 Å². The average Bonchev–Trinajstić information content (AvgIpc) is 2.94. The normalized spacial score (nSPS) is 17.4. The highest BCUT2D eigenvalue weighted by Crippen LogP contribution is 2.21. The molecule has 132 valence electrons. The van der Waals surface area contributed by atoms with Gasteiger partial charge >= 0.3 is 0 Å². The quantitative estimate of drug-likeness (QED) is 0.733. The molecule has 1 atom stereocenters. The Kier molecular flexibility index (Phi) is 6.76. The highest BCUT2D eigenvalue weighted by molar-refractivity contribution is 5.89. The predicted octanol–water partition coefficient (Wildman–Crippen LogP) is 2.87. The smallest absolute Gasteiger partial charge is 0.227 e. The van der Waals surface area contributed by atoms with Crippen LogP contribution in [0.3, 0.4) is 0 Å². The molecule has 0 bridgehead atoms. The van der Waals surface area contributed by atoms with Crippen molar-refractivity contribution in [2.24, 2.45) is 5.92 Å². The number of amides is 2. The van der Waals surface area contributed by atoms with E-state index in [-0.39, 0.29) is 23.5 Å². The Labute approximate surface area is 143 Å². The van der Waals surface area contributed by atoms with Gasteiger partial charge in [-0.1, -0.05) is 26.0 Å². The molecule has 2 amide bonds. The number of hydrogen-bond donors (Lipinski definition) is 0. The molecule has 1 aromatic rings. The van der Waals surface area contributed by atoms with Crippen molar-refractivity contribution in [1.82, 2.24) is 9.80 Å². The third kappa shape index (κ3) is 4.79. The lowest BCUT2D eigenvalue weighted by atomic mass is 10.1. The Hall–Kier alpha value is -1.91. The lowest BCUT2D eigenvalue weighted by Gasteiger charge is -2.24. The fourth-order valence-electron chi connectivity index (χ4n) is 3.20. The number of nitrogens with zero attached hydrogens (tertiary/aromatic N) is 2. The summed E-state index contributed by atoms with van der Waals surface area (Å²) >= 11 is 0. The van der Waals surface area contributed by atoms with Gasteiger partial charge in [0.2, 0.25) is 11.8 Å². The number of hydrogen-bond acceptors (Lipinski definition) is 2. The molecular weight excluding hydrogens is 307 g/mol. The molecule has 0 saturated carbocycles. The second-order valence-corrected chi connectivity index (χ2v) is 6.44. The number of benzene rings is 1. The fourth-order valence-corrected chi connectivity index (χ4v) is 3.20. The summed E-state index contributed by atoms with van der Waals surface area (Å²) in [6.07, 6.45) is 2.86. The second kappa shape index (κ2) is 8.81. The van der Waals surface area contributed by atoms with Gasteiger partial charge in [0.15, 0.2) is 0 Å². The van der Waals surface area contributed by atoms with Gasteiger partial charge in [0.1, 0.15) is 5.82 Å². The van der Waals surface area contributed by atoms with Gasteiger partial charge in [0.05, 0.1) is 5.92 Å². The maximum Gasteiger partial charge on any atom is 0.227 e. The molecule has 1 aromatic carbocycles. The van der Waals surface area contributed by atoms with Crippen molar-refractivity contribution >= 4 is 11.8 Å². The lowest BCUT2D eigenvalue weighted by molar-refractivity contribution is -0.136. The van der Waals surface area contributed by atoms with Crippen LogP contribution < -0.4 is 0 Å². The zero-order valence-electron chi connectivity index (χ0n) is 14.6. The molecule has 0 aliphatic carbocycles. The Morgan fingerprint density at radius 1 is 1.21 bits per heavy atom. The third-order valence-electron chi connectivity index (χ3n) is 4.45. The van der Waals surface area contributed by atoms with Gasteiger partial charge in [0, 0.05) is 32.6 Å². The second-order valence-electron chi connectivity index (χ2n) is 6.44. The molecule has 1 aliphatic rings. The molecule has 2 rings (SSSR count). The van der Waals surface area contributed by atoms with Gasteiger partial charge in [-0.15, -0.1) is 0 Å². The van der Waals surface area contributed by atoms with Gasteiger partial charge in [0.25, 0.3) is 0 Å².